The molecule has 1 amide bonds. The second-order valence-corrected chi connectivity index (χ2v) is 1.08. The smallest absolute Gasteiger partial charge is 0.245 e. The molecule has 0 spiro atoms. The van der Waals surface area contributed by atoms with Gasteiger partial charge in [-0.25, -0.2) is 0 Å². The lowest BCUT2D eigenvalue weighted by atomic mass is 10.4. The topological polar surface area (TPSA) is 63.3 Å². The Balaban J connectivity index is -0.0000000453. The van der Waals surface area contributed by atoms with E-state index in [2.05, 4.69) is 5.73 Å². The summed E-state index contributed by atoms with van der Waals surface area (Å²) in [6, 6.07) is 0. The lowest BCUT2D eigenvalue weighted by Crippen LogP contribution is -2.24. The molecule has 1 unspecified atom stereocenters. The van der Waals surface area contributed by atoms with Crippen LogP contribution in [-0.2, 0) is 4.79 Å². The van der Waals surface area contributed by atoms with Crippen LogP contribution in [0.25, 0.3) is 0 Å². The van der Waals surface area contributed by atoms with Gasteiger partial charge in [0.15, 0.2) is 0 Å². The maximum Gasteiger partial charge on any atom is 0.245 e. The van der Waals surface area contributed by atoms with Gasteiger partial charge >= 0.3 is 0 Å². The normalized spacial score (nSPS) is 8.33. The van der Waals surface area contributed by atoms with Crippen molar-refractivity contribution in [3.8, 4) is 0 Å². The van der Waals surface area contributed by atoms with Crippen molar-refractivity contribution in [1.29, 1.82) is 0 Å². The highest BCUT2D eigenvalue weighted by Gasteiger charge is 1.98. The summed E-state index contributed by atoms with van der Waals surface area (Å²) in [7, 11) is 0. The monoisotopic (exact) mass is 179 g/mol. The average Bonchev–Trinajstić information content (AvgIpc) is 2.14. The van der Waals surface area contributed by atoms with Gasteiger partial charge in [0.05, 0.1) is 0 Å². The van der Waals surface area contributed by atoms with Crippen molar-refractivity contribution < 1.29 is 9.90 Å². The van der Waals surface area contributed by atoms with E-state index in [1.165, 1.54) is 6.92 Å². The molecule has 0 bridgehead atoms. The van der Waals surface area contributed by atoms with Crippen molar-refractivity contribution in [2.24, 2.45) is 5.73 Å². The molecule has 0 radical (unpaired) electrons. The largest absolute Gasteiger partial charge is 0.384 e. The van der Waals surface area contributed by atoms with Crippen LogP contribution in [0.5, 0.6) is 0 Å². The fourth-order valence-corrected chi connectivity index (χ4v) is 0. The molecule has 0 aliphatic carbocycles. The third-order valence-corrected chi connectivity index (χ3v) is 0.412. The van der Waals surface area contributed by atoms with Crippen LogP contribution >= 0.6 is 0 Å². The Morgan fingerprint density at radius 2 is 1.17 bits per heavy atom. The van der Waals surface area contributed by atoms with Gasteiger partial charge in [-0.15, -0.1) is 0 Å². The third-order valence-electron chi connectivity index (χ3n) is 0.412. The summed E-state index contributed by atoms with van der Waals surface area (Å²) in [6.45, 7) is 13.3. The highest BCUT2D eigenvalue weighted by atomic mass is 16.3. The number of aliphatic hydroxyl groups excluding tert-OH is 1. The molecule has 0 aromatic heterocycles. The molecule has 0 rings (SSSR count). The first-order valence-electron chi connectivity index (χ1n) is 4.62. The molecule has 0 heterocycles. The lowest BCUT2D eigenvalue weighted by Gasteiger charge is -1.90. The third kappa shape index (κ3) is 57.0. The minimum absolute atomic E-state index is 0.685. The fourth-order valence-electron chi connectivity index (χ4n) is 0. The van der Waals surface area contributed by atoms with Crippen LogP contribution in [0, 0.1) is 0 Å². The zero-order chi connectivity index (χ0) is 11.2. The quantitative estimate of drug-likeness (QED) is 0.646. The van der Waals surface area contributed by atoms with Crippen LogP contribution in [0.1, 0.15) is 48.5 Å². The first-order chi connectivity index (χ1) is 5.64. The van der Waals surface area contributed by atoms with Gasteiger partial charge in [-0.3, -0.25) is 4.79 Å². The Morgan fingerprint density at radius 3 is 1.17 bits per heavy atom. The van der Waals surface area contributed by atoms with E-state index in [4.69, 9.17) is 5.11 Å². The zero-order valence-electron chi connectivity index (χ0n) is 9.51. The van der Waals surface area contributed by atoms with E-state index in [1.54, 1.807) is 0 Å². The predicted octanol–water partition coefficient (Wildman–Crippen LogP) is 1.93. The number of carbonyl (C=O) groups is 1. The number of amides is 1. The molecule has 1 atom stereocenters. The van der Waals surface area contributed by atoms with E-state index >= 15 is 0 Å². The van der Waals surface area contributed by atoms with Gasteiger partial charge in [-0.2, -0.15) is 0 Å². The summed E-state index contributed by atoms with van der Waals surface area (Å²) in [5.74, 6) is -0.685. The number of hydrogen-bond acceptors (Lipinski definition) is 2. The SMILES string of the molecule is CC.CC.CC.CC(O)C(N)=O. The van der Waals surface area contributed by atoms with Crippen LogP contribution in [-0.4, -0.2) is 17.1 Å². The number of nitrogens with two attached hydrogens (primary N) is 1. The van der Waals surface area contributed by atoms with Gasteiger partial charge in [0.25, 0.3) is 0 Å². The summed E-state index contributed by atoms with van der Waals surface area (Å²) < 4.78 is 0. The summed E-state index contributed by atoms with van der Waals surface area (Å²) in [5.41, 5.74) is 4.55. The maximum absolute atomic E-state index is 9.67. The molecule has 3 nitrogen and oxygen atoms in total. The van der Waals surface area contributed by atoms with E-state index in [-0.39, 0.29) is 0 Å². The minimum atomic E-state index is -1.01. The fraction of sp³-hybridized carbons (Fsp3) is 0.889. The van der Waals surface area contributed by atoms with Gasteiger partial charge in [0.1, 0.15) is 6.10 Å². The Kier molecular flexibility index (Phi) is 59.0. The first kappa shape index (κ1) is 22.5. The highest BCUT2D eigenvalue weighted by molar-refractivity contribution is 5.77. The summed E-state index contributed by atoms with van der Waals surface area (Å²) in [5, 5.41) is 8.16. The van der Waals surface area contributed by atoms with Gasteiger partial charge < -0.3 is 10.8 Å². The van der Waals surface area contributed by atoms with Crippen LogP contribution in [0.2, 0.25) is 0 Å². The molecule has 0 aliphatic heterocycles. The molecule has 12 heavy (non-hydrogen) atoms. The second-order valence-electron chi connectivity index (χ2n) is 1.08. The van der Waals surface area contributed by atoms with Crippen molar-refractivity contribution in [1.82, 2.24) is 0 Å². The number of hydrogen-bond donors (Lipinski definition) is 2. The lowest BCUT2D eigenvalue weighted by molar-refractivity contribution is -0.125. The summed E-state index contributed by atoms with van der Waals surface area (Å²) in [6.07, 6.45) is -1.01. The maximum atomic E-state index is 9.67. The second kappa shape index (κ2) is 31.5. The first-order valence-corrected chi connectivity index (χ1v) is 4.62. The molecule has 3 heteroatoms. The number of rotatable bonds is 1. The average molecular weight is 179 g/mol. The van der Waals surface area contributed by atoms with Crippen molar-refractivity contribution in [2.75, 3.05) is 0 Å². The molecule has 0 fully saturated rings. The minimum Gasteiger partial charge on any atom is -0.384 e. The molecule has 0 saturated carbocycles. The standard InChI is InChI=1S/C3H7NO2.3C2H6/c1-2(5)3(4)6;3*1-2/h2,5H,1H3,(H2,4,6);3*1-2H3. The molecule has 0 aliphatic rings. The van der Waals surface area contributed by atoms with Gasteiger partial charge in [-0.1, -0.05) is 41.5 Å². The molecule has 0 saturated heterocycles. The van der Waals surface area contributed by atoms with Crippen LogP contribution in [0.15, 0.2) is 0 Å². The van der Waals surface area contributed by atoms with Crippen molar-refractivity contribution >= 4 is 5.91 Å². The number of carbonyl (C=O) groups excluding carboxylic acids is 1. The Bertz CT molecular complexity index is 63.5. The molecule has 3 N–H and O–H groups in total. The predicted molar refractivity (Wildman–Crippen MR) is 54.9 cm³/mol. The summed E-state index contributed by atoms with van der Waals surface area (Å²) >= 11 is 0. The van der Waals surface area contributed by atoms with Crippen LogP contribution in [0.3, 0.4) is 0 Å². The van der Waals surface area contributed by atoms with E-state index in [1.807, 2.05) is 41.5 Å². The van der Waals surface area contributed by atoms with E-state index < -0.39 is 12.0 Å². The molecular weight excluding hydrogens is 154 g/mol. The van der Waals surface area contributed by atoms with Crippen LogP contribution in [0.4, 0.5) is 0 Å². The van der Waals surface area contributed by atoms with E-state index in [0.717, 1.165) is 0 Å². The number of primary amides is 1. The van der Waals surface area contributed by atoms with Crippen molar-refractivity contribution in [2.45, 2.75) is 54.6 Å². The van der Waals surface area contributed by atoms with E-state index in [9.17, 15) is 4.79 Å². The number of aliphatic hydroxyl groups is 1. The molecule has 0 aromatic carbocycles. The Hall–Kier alpha value is -0.570. The van der Waals surface area contributed by atoms with Gasteiger partial charge in [0.2, 0.25) is 5.91 Å². The van der Waals surface area contributed by atoms with Crippen molar-refractivity contribution in [3.63, 3.8) is 0 Å². The van der Waals surface area contributed by atoms with Crippen molar-refractivity contribution in [3.05, 3.63) is 0 Å². The molecule has 78 valence electrons. The molecular formula is C9H25NO2. The highest BCUT2D eigenvalue weighted by Crippen LogP contribution is 1.70. The van der Waals surface area contributed by atoms with Gasteiger partial charge in [0, 0.05) is 0 Å². The Labute approximate surface area is 77.0 Å². The zero-order valence-corrected chi connectivity index (χ0v) is 9.51. The Morgan fingerprint density at radius 1 is 1.08 bits per heavy atom. The van der Waals surface area contributed by atoms with Crippen LogP contribution < -0.4 is 5.73 Å². The summed E-state index contributed by atoms with van der Waals surface area (Å²) in [4.78, 5) is 9.67. The van der Waals surface area contributed by atoms with E-state index in [0.29, 0.717) is 0 Å². The van der Waals surface area contributed by atoms with Gasteiger partial charge in [-0.05, 0) is 6.92 Å². The molecule has 0 aromatic rings.